The van der Waals surface area contributed by atoms with Crippen LogP contribution in [0.5, 0.6) is 5.75 Å². The second-order valence-electron chi connectivity index (χ2n) is 5.48. The van der Waals surface area contributed by atoms with Gasteiger partial charge in [-0.1, -0.05) is 11.8 Å². The number of methoxy groups -OCH3 is 1. The fourth-order valence-electron chi connectivity index (χ4n) is 2.61. The lowest BCUT2D eigenvalue weighted by Crippen LogP contribution is -2.37. The highest BCUT2D eigenvalue weighted by atomic mass is 32.2. The van der Waals surface area contributed by atoms with E-state index in [2.05, 4.69) is 15.1 Å². The van der Waals surface area contributed by atoms with Crippen molar-refractivity contribution in [2.75, 3.05) is 38.3 Å². The lowest BCUT2D eigenvalue weighted by atomic mass is 10.2. The zero-order chi connectivity index (χ0) is 17.8. The minimum absolute atomic E-state index is 0.0448. The van der Waals surface area contributed by atoms with Crippen molar-refractivity contribution in [2.45, 2.75) is 10.9 Å². The summed E-state index contributed by atoms with van der Waals surface area (Å²) in [4.78, 5) is 12.7. The molecule has 0 atom stereocenters. The van der Waals surface area contributed by atoms with Gasteiger partial charge in [0.1, 0.15) is 5.75 Å². The van der Waals surface area contributed by atoms with Crippen LogP contribution in [-0.4, -0.2) is 53.1 Å². The van der Waals surface area contributed by atoms with Crippen molar-refractivity contribution in [2.24, 2.45) is 7.05 Å². The normalized spacial score (nSPS) is 14.6. The van der Waals surface area contributed by atoms with Crippen LogP contribution in [0.1, 0.15) is 5.56 Å². The van der Waals surface area contributed by atoms with Crippen molar-refractivity contribution in [1.82, 2.24) is 14.8 Å². The number of non-ortho nitro benzene ring substituents is 1. The number of hydrogen-bond donors (Lipinski definition) is 0. The van der Waals surface area contributed by atoms with Gasteiger partial charge in [-0.3, -0.25) is 14.7 Å². The van der Waals surface area contributed by atoms with E-state index in [9.17, 15) is 10.1 Å². The first-order valence-electron chi connectivity index (χ1n) is 7.76. The van der Waals surface area contributed by atoms with Gasteiger partial charge >= 0.3 is 0 Å². The smallest absolute Gasteiger partial charge is 0.270 e. The number of thioether (sulfide) groups is 1. The lowest BCUT2D eigenvalue weighted by Gasteiger charge is -2.27. The number of anilines is 1. The molecule has 2 aromatic rings. The molecule has 1 aromatic carbocycles. The first kappa shape index (κ1) is 17.5. The number of morpholine rings is 1. The van der Waals surface area contributed by atoms with Gasteiger partial charge in [0.05, 0.1) is 25.2 Å². The lowest BCUT2D eigenvalue weighted by molar-refractivity contribution is -0.384. The Morgan fingerprint density at radius 3 is 2.80 bits per heavy atom. The first-order chi connectivity index (χ1) is 12.1. The van der Waals surface area contributed by atoms with E-state index in [0.717, 1.165) is 29.8 Å². The Morgan fingerprint density at radius 2 is 2.12 bits per heavy atom. The fourth-order valence-corrected chi connectivity index (χ4v) is 3.49. The minimum atomic E-state index is -0.410. The molecule has 3 rings (SSSR count). The van der Waals surface area contributed by atoms with Crippen LogP contribution < -0.4 is 9.64 Å². The van der Waals surface area contributed by atoms with Crippen LogP contribution in [0.25, 0.3) is 0 Å². The van der Waals surface area contributed by atoms with Crippen molar-refractivity contribution in [1.29, 1.82) is 0 Å². The third-order valence-electron chi connectivity index (χ3n) is 3.94. The van der Waals surface area contributed by atoms with Crippen molar-refractivity contribution in [3.05, 3.63) is 33.9 Å². The second-order valence-corrected chi connectivity index (χ2v) is 6.43. The summed E-state index contributed by atoms with van der Waals surface area (Å²) in [5.41, 5.74) is 0.793. The Labute approximate surface area is 149 Å². The van der Waals surface area contributed by atoms with Gasteiger partial charge < -0.3 is 14.4 Å². The molecule has 1 fully saturated rings. The second kappa shape index (κ2) is 7.70. The Morgan fingerprint density at radius 1 is 1.36 bits per heavy atom. The van der Waals surface area contributed by atoms with E-state index < -0.39 is 4.92 Å². The van der Waals surface area contributed by atoms with Crippen LogP contribution in [-0.2, 0) is 17.5 Å². The Hall–Kier alpha value is -2.33. The van der Waals surface area contributed by atoms with E-state index in [-0.39, 0.29) is 5.69 Å². The van der Waals surface area contributed by atoms with Crippen LogP contribution in [0.3, 0.4) is 0 Å². The van der Waals surface area contributed by atoms with Crippen LogP contribution in [0.4, 0.5) is 11.6 Å². The van der Waals surface area contributed by atoms with Crippen molar-refractivity contribution >= 4 is 23.4 Å². The molecule has 0 amide bonds. The molecule has 10 heteroatoms. The monoisotopic (exact) mass is 365 g/mol. The maximum atomic E-state index is 11.0. The molecule has 0 aliphatic carbocycles. The molecule has 2 heterocycles. The highest BCUT2D eigenvalue weighted by molar-refractivity contribution is 7.98. The summed E-state index contributed by atoms with van der Waals surface area (Å²) in [7, 11) is 3.46. The molecule has 0 radical (unpaired) electrons. The average Bonchev–Trinajstić information content (AvgIpc) is 3.01. The molecule has 1 aromatic heterocycles. The molecule has 1 aliphatic rings. The molecule has 0 N–H and O–H groups in total. The van der Waals surface area contributed by atoms with Gasteiger partial charge in [0.2, 0.25) is 5.95 Å². The van der Waals surface area contributed by atoms with Crippen molar-refractivity contribution in [3.63, 3.8) is 0 Å². The van der Waals surface area contributed by atoms with Crippen LogP contribution in [0.2, 0.25) is 0 Å². The number of nitro benzene ring substituents is 1. The number of nitrogens with zero attached hydrogens (tertiary/aromatic N) is 5. The highest BCUT2D eigenvalue weighted by Gasteiger charge is 2.19. The average molecular weight is 365 g/mol. The van der Waals surface area contributed by atoms with Crippen molar-refractivity contribution in [3.8, 4) is 5.75 Å². The van der Waals surface area contributed by atoms with E-state index >= 15 is 0 Å². The third kappa shape index (κ3) is 3.85. The largest absolute Gasteiger partial charge is 0.496 e. The molecular weight excluding hydrogens is 346 g/mol. The molecule has 25 heavy (non-hydrogen) atoms. The van der Waals surface area contributed by atoms with Gasteiger partial charge in [-0.2, -0.15) is 0 Å². The Bertz CT molecular complexity index is 760. The summed E-state index contributed by atoms with van der Waals surface area (Å²) in [5, 5.41) is 20.2. The minimum Gasteiger partial charge on any atom is -0.496 e. The topological polar surface area (TPSA) is 95.6 Å². The summed E-state index contributed by atoms with van der Waals surface area (Å²) >= 11 is 1.46. The van der Waals surface area contributed by atoms with E-state index in [1.54, 1.807) is 13.2 Å². The number of nitro groups is 1. The predicted octanol–water partition coefficient (Wildman–Crippen LogP) is 1.86. The van der Waals surface area contributed by atoms with Gasteiger partial charge in [0.25, 0.3) is 5.69 Å². The number of rotatable bonds is 6. The molecule has 1 saturated heterocycles. The van der Waals surface area contributed by atoms with Gasteiger partial charge in [0.15, 0.2) is 5.16 Å². The number of hydrogen-bond acceptors (Lipinski definition) is 8. The van der Waals surface area contributed by atoms with Crippen LogP contribution in [0.15, 0.2) is 23.4 Å². The molecule has 134 valence electrons. The number of benzene rings is 1. The SMILES string of the molecule is COc1ccc([N+](=O)[O-])cc1CSc1nnc(N2CCOCC2)n1C. The Balaban J connectivity index is 1.74. The fraction of sp³-hybridized carbons (Fsp3) is 0.467. The predicted molar refractivity (Wildman–Crippen MR) is 93.2 cm³/mol. The summed E-state index contributed by atoms with van der Waals surface area (Å²) < 4.78 is 12.6. The standard InChI is InChI=1S/C15H19N5O4S/c1-18-14(19-5-7-24-8-6-19)16-17-15(18)25-10-11-9-12(20(21)22)3-4-13(11)23-2/h3-4,9H,5-8,10H2,1-2H3. The van der Waals surface area contributed by atoms with E-state index in [1.165, 1.54) is 23.9 Å². The zero-order valence-electron chi connectivity index (χ0n) is 14.0. The molecule has 0 bridgehead atoms. The van der Waals surface area contributed by atoms with E-state index in [4.69, 9.17) is 9.47 Å². The quantitative estimate of drug-likeness (QED) is 0.435. The molecule has 9 nitrogen and oxygen atoms in total. The first-order valence-corrected chi connectivity index (χ1v) is 8.75. The van der Waals surface area contributed by atoms with Gasteiger partial charge in [0, 0.05) is 43.6 Å². The number of ether oxygens (including phenoxy) is 2. The Kier molecular flexibility index (Phi) is 5.39. The molecule has 0 saturated carbocycles. The van der Waals surface area contributed by atoms with Crippen LogP contribution >= 0.6 is 11.8 Å². The van der Waals surface area contributed by atoms with Crippen molar-refractivity contribution < 1.29 is 14.4 Å². The maximum Gasteiger partial charge on any atom is 0.270 e. The number of aromatic nitrogens is 3. The van der Waals surface area contributed by atoms with Crippen LogP contribution in [0, 0.1) is 10.1 Å². The van der Waals surface area contributed by atoms with E-state index in [1.807, 2.05) is 11.6 Å². The zero-order valence-corrected chi connectivity index (χ0v) is 14.9. The molecule has 1 aliphatic heterocycles. The summed E-state index contributed by atoms with van der Waals surface area (Å²) in [6, 6.07) is 4.58. The van der Waals surface area contributed by atoms with Gasteiger partial charge in [-0.15, -0.1) is 10.2 Å². The molecule has 0 unspecified atom stereocenters. The molecule has 0 spiro atoms. The third-order valence-corrected chi connectivity index (χ3v) is 5.01. The van der Waals surface area contributed by atoms with Gasteiger partial charge in [-0.25, -0.2) is 0 Å². The summed E-state index contributed by atoms with van der Waals surface area (Å²) in [6.45, 7) is 2.94. The maximum absolute atomic E-state index is 11.0. The summed E-state index contributed by atoms with van der Waals surface area (Å²) in [6.07, 6.45) is 0. The van der Waals surface area contributed by atoms with E-state index in [0.29, 0.717) is 24.7 Å². The highest BCUT2D eigenvalue weighted by Crippen LogP contribution is 2.31. The molecular formula is C15H19N5O4S. The summed E-state index contributed by atoms with van der Waals surface area (Å²) in [5.74, 6) is 1.92. The van der Waals surface area contributed by atoms with Gasteiger partial charge in [-0.05, 0) is 6.07 Å².